The van der Waals surface area contributed by atoms with E-state index in [4.69, 9.17) is 37.4 Å². The van der Waals surface area contributed by atoms with Crippen LogP contribution >= 0.6 is 35.6 Å². The molecule has 2 aromatic carbocycles. The first-order chi connectivity index (χ1) is 15.6. The molecule has 2 saturated heterocycles. The van der Waals surface area contributed by atoms with Crippen molar-refractivity contribution in [1.29, 1.82) is 0 Å². The molecule has 1 unspecified atom stereocenters. The van der Waals surface area contributed by atoms with Crippen molar-refractivity contribution in [3.63, 3.8) is 0 Å². The molecule has 7 nitrogen and oxygen atoms in total. The van der Waals surface area contributed by atoms with Crippen LogP contribution in [0.4, 0.5) is 11.5 Å². The Kier molecular flexibility index (Phi) is 7.66. The quantitative estimate of drug-likeness (QED) is 0.478. The fourth-order valence-electron chi connectivity index (χ4n) is 4.32. The predicted octanol–water partition coefficient (Wildman–Crippen LogP) is 5.35. The monoisotopic (exact) mass is 510 g/mol. The Hall–Kier alpha value is -2.03. The van der Waals surface area contributed by atoms with Crippen molar-refractivity contribution in [2.24, 2.45) is 0 Å². The van der Waals surface area contributed by atoms with Crippen LogP contribution in [-0.4, -0.2) is 60.4 Å². The fourth-order valence-corrected chi connectivity index (χ4v) is 4.61. The van der Waals surface area contributed by atoms with Crippen LogP contribution in [0.2, 0.25) is 10.0 Å². The molecule has 2 aliphatic heterocycles. The Bertz CT molecular complexity index is 1130. The van der Waals surface area contributed by atoms with Gasteiger partial charge in [0.05, 0.1) is 29.3 Å². The van der Waals surface area contributed by atoms with Crippen LogP contribution in [-0.2, 0) is 4.74 Å². The highest BCUT2D eigenvalue weighted by Gasteiger charge is 2.32. The number of nitrogens with zero attached hydrogens (tertiary/aromatic N) is 3. The minimum Gasteiger partial charge on any atom is -0.493 e. The van der Waals surface area contributed by atoms with Crippen LogP contribution in [0.25, 0.3) is 10.9 Å². The second kappa shape index (κ2) is 10.5. The molecule has 3 aromatic rings. The van der Waals surface area contributed by atoms with Crippen LogP contribution in [0.3, 0.4) is 0 Å². The Morgan fingerprint density at radius 3 is 2.85 bits per heavy atom. The van der Waals surface area contributed by atoms with E-state index in [2.05, 4.69) is 20.2 Å². The number of fused-ring (bicyclic) bond motifs is 2. The number of anilines is 2. The molecule has 2 atom stereocenters. The lowest BCUT2D eigenvalue weighted by Gasteiger charge is -2.35. The summed E-state index contributed by atoms with van der Waals surface area (Å²) in [5.74, 6) is 1.87. The maximum absolute atomic E-state index is 6.14. The number of hydrogen-bond donors (Lipinski definition) is 1. The molecule has 0 amide bonds. The summed E-state index contributed by atoms with van der Waals surface area (Å²) in [5, 5.41) is 5.04. The van der Waals surface area contributed by atoms with Gasteiger partial charge in [0.25, 0.3) is 0 Å². The lowest BCUT2D eigenvalue weighted by Crippen LogP contribution is -2.48. The topological polar surface area (TPSA) is 68.7 Å². The van der Waals surface area contributed by atoms with Crippen LogP contribution in [0.5, 0.6) is 11.5 Å². The van der Waals surface area contributed by atoms with Crippen LogP contribution in [0.15, 0.2) is 36.7 Å². The third-order valence-electron chi connectivity index (χ3n) is 5.99. The summed E-state index contributed by atoms with van der Waals surface area (Å²) in [6.07, 6.45) is 4.03. The number of ether oxygens (including phenoxy) is 3. The normalized spacial score (nSPS) is 20.2. The summed E-state index contributed by atoms with van der Waals surface area (Å²) < 4.78 is 17.7. The zero-order valence-electron chi connectivity index (χ0n) is 18.1. The van der Waals surface area contributed by atoms with Crippen molar-refractivity contribution in [2.45, 2.75) is 25.0 Å². The molecule has 0 aliphatic carbocycles. The Morgan fingerprint density at radius 2 is 2.03 bits per heavy atom. The van der Waals surface area contributed by atoms with Crippen molar-refractivity contribution in [1.82, 2.24) is 14.9 Å². The predicted molar refractivity (Wildman–Crippen MR) is 133 cm³/mol. The van der Waals surface area contributed by atoms with Gasteiger partial charge in [0.15, 0.2) is 11.5 Å². The molecule has 10 heteroatoms. The lowest BCUT2D eigenvalue weighted by atomic mass is 10.2. The van der Waals surface area contributed by atoms with Crippen LogP contribution < -0.4 is 14.8 Å². The van der Waals surface area contributed by atoms with E-state index in [0.717, 1.165) is 36.3 Å². The zero-order chi connectivity index (χ0) is 22.1. The van der Waals surface area contributed by atoms with Gasteiger partial charge in [0.2, 0.25) is 0 Å². The molecule has 1 N–H and O–H groups in total. The summed E-state index contributed by atoms with van der Waals surface area (Å²) in [7, 11) is 1.62. The van der Waals surface area contributed by atoms with Gasteiger partial charge >= 0.3 is 0 Å². The van der Waals surface area contributed by atoms with Gasteiger partial charge in [-0.3, -0.25) is 4.90 Å². The molecule has 33 heavy (non-hydrogen) atoms. The minimum atomic E-state index is 0. The zero-order valence-corrected chi connectivity index (χ0v) is 20.4. The minimum absolute atomic E-state index is 0. The van der Waals surface area contributed by atoms with Gasteiger partial charge in [-0.1, -0.05) is 23.2 Å². The fraction of sp³-hybridized carbons (Fsp3) is 0.391. The second-order valence-electron chi connectivity index (χ2n) is 8.05. The number of morpholine rings is 1. The highest BCUT2D eigenvalue weighted by atomic mass is 35.5. The Labute approximate surface area is 208 Å². The second-order valence-corrected chi connectivity index (χ2v) is 8.87. The van der Waals surface area contributed by atoms with Gasteiger partial charge in [-0.05, 0) is 43.7 Å². The summed E-state index contributed by atoms with van der Waals surface area (Å²) in [6, 6.07) is 9.65. The molecule has 3 heterocycles. The van der Waals surface area contributed by atoms with Gasteiger partial charge in [-0.2, -0.15) is 0 Å². The largest absolute Gasteiger partial charge is 0.493 e. The van der Waals surface area contributed by atoms with Crippen LogP contribution in [0.1, 0.15) is 12.8 Å². The number of rotatable bonds is 6. The SMILES string of the molecule is COc1cc2c(Nc3ccc(Cl)c(Cl)c3)ncnc2cc1OC[C@H]1CN2CCCC2CO1.Cl. The first-order valence-electron chi connectivity index (χ1n) is 10.6. The first kappa shape index (κ1) is 24.1. The van der Waals surface area contributed by atoms with Crippen molar-refractivity contribution in [3.8, 4) is 11.5 Å². The smallest absolute Gasteiger partial charge is 0.163 e. The Morgan fingerprint density at radius 1 is 1.15 bits per heavy atom. The van der Waals surface area contributed by atoms with Gasteiger partial charge < -0.3 is 19.5 Å². The van der Waals surface area contributed by atoms with E-state index in [0.29, 0.717) is 40.0 Å². The molecule has 0 radical (unpaired) electrons. The highest BCUT2D eigenvalue weighted by molar-refractivity contribution is 6.42. The molecule has 176 valence electrons. The number of aromatic nitrogens is 2. The number of benzene rings is 2. The maximum Gasteiger partial charge on any atom is 0.163 e. The Balaban J connectivity index is 0.00000259. The third-order valence-corrected chi connectivity index (χ3v) is 6.73. The van der Waals surface area contributed by atoms with Gasteiger partial charge in [-0.25, -0.2) is 9.97 Å². The maximum atomic E-state index is 6.14. The van der Waals surface area contributed by atoms with E-state index >= 15 is 0 Å². The number of hydrogen-bond acceptors (Lipinski definition) is 7. The average molecular weight is 512 g/mol. The van der Waals surface area contributed by atoms with Crippen molar-refractivity contribution in [3.05, 3.63) is 46.7 Å². The van der Waals surface area contributed by atoms with E-state index in [1.54, 1.807) is 19.2 Å². The van der Waals surface area contributed by atoms with E-state index in [1.165, 1.54) is 19.2 Å². The van der Waals surface area contributed by atoms with Crippen molar-refractivity contribution < 1.29 is 14.2 Å². The number of halogens is 3. The standard InChI is InChI=1S/C23H24Cl2N4O3.ClH/c1-30-21-8-17-20(26-13-27-23(17)28-14-4-5-18(24)19(25)7-14)9-22(21)32-12-16-10-29-6-2-3-15(29)11-31-16;/h4-5,7-9,13,15-16H,2-3,6,10-12H2,1H3,(H,26,27,28);1H/t15?,16-;/m1./s1. The third kappa shape index (κ3) is 5.23. The van der Waals surface area contributed by atoms with Crippen molar-refractivity contribution in [2.75, 3.05) is 38.7 Å². The molecule has 0 spiro atoms. The number of nitrogens with one attached hydrogen (secondary N) is 1. The van der Waals surface area contributed by atoms with Crippen molar-refractivity contribution >= 4 is 58.0 Å². The van der Waals surface area contributed by atoms with E-state index < -0.39 is 0 Å². The van der Waals surface area contributed by atoms with E-state index in [1.807, 2.05) is 18.2 Å². The summed E-state index contributed by atoms with van der Waals surface area (Å²) in [6.45, 7) is 3.29. The van der Waals surface area contributed by atoms with Gasteiger partial charge in [-0.15, -0.1) is 12.4 Å². The molecule has 1 aromatic heterocycles. The number of methoxy groups -OCH3 is 1. The van der Waals surface area contributed by atoms with Gasteiger partial charge in [0.1, 0.15) is 24.9 Å². The molecule has 5 rings (SSSR count). The molecular formula is C23H25Cl3N4O3. The van der Waals surface area contributed by atoms with E-state index in [-0.39, 0.29) is 18.5 Å². The molecule has 2 aliphatic rings. The summed E-state index contributed by atoms with van der Waals surface area (Å²) in [4.78, 5) is 11.3. The van der Waals surface area contributed by atoms with Gasteiger partial charge in [0, 0.05) is 29.7 Å². The average Bonchev–Trinajstić information content (AvgIpc) is 3.27. The molecule has 0 bridgehead atoms. The summed E-state index contributed by atoms with van der Waals surface area (Å²) >= 11 is 12.2. The molecule has 2 fully saturated rings. The molecular weight excluding hydrogens is 487 g/mol. The molecule has 0 saturated carbocycles. The van der Waals surface area contributed by atoms with Crippen LogP contribution in [0, 0.1) is 0 Å². The summed E-state index contributed by atoms with van der Waals surface area (Å²) in [5.41, 5.74) is 1.51. The lowest BCUT2D eigenvalue weighted by molar-refractivity contribution is -0.0655. The van der Waals surface area contributed by atoms with E-state index in [9.17, 15) is 0 Å². The highest BCUT2D eigenvalue weighted by Crippen LogP contribution is 2.36. The first-order valence-corrected chi connectivity index (χ1v) is 11.4.